The third-order valence-corrected chi connectivity index (χ3v) is 4.03. The standard InChI is InChI=1S/C12H18FN5O4/c1-4(19)6-7(20)12(2,13)10(22-6)18-3-15-5-8(18)16-11(14)17-9(5)21/h4,6-7,10,15,19-20H,3H2,1-2H3,(H3,14,16,17,21)/t4?,6-,7-,10-,12+/m0/s1. The van der Waals surface area contributed by atoms with E-state index in [1.54, 1.807) is 0 Å². The molecule has 0 radical (unpaired) electrons. The zero-order valence-electron chi connectivity index (χ0n) is 12.1. The van der Waals surface area contributed by atoms with Crippen LogP contribution in [0, 0.1) is 0 Å². The molecule has 122 valence electrons. The fourth-order valence-electron chi connectivity index (χ4n) is 2.86. The maximum atomic E-state index is 14.9. The number of H-pyrrole nitrogens is 1. The van der Waals surface area contributed by atoms with Crippen molar-refractivity contribution < 1.29 is 19.3 Å². The molecule has 9 nitrogen and oxygen atoms in total. The van der Waals surface area contributed by atoms with Gasteiger partial charge in [0.05, 0.1) is 12.8 Å². The molecule has 1 saturated heterocycles. The van der Waals surface area contributed by atoms with E-state index in [9.17, 15) is 19.4 Å². The highest BCUT2D eigenvalue weighted by molar-refractivity contribution is 5.71. The van der Waals surface area contributed by atoms with Gasteiger partial charge in [0.15, 0.2) is 17.7 Å². The third-order valence-electron chi connectivity index (χ3n) is 4.03. The SMILES string of the molecule is CC(O)[C@@H]1O[C@H](N2CNc3c2nc(N)[nH]c3=O)[C@](C)(F)[C@H]1O. The molecule has 0 saturated carbocycles. The van der Waals surface area contributed by atoms with E-state index >= 15 is 0 Å². The van der Waals surface area contributed by atoms with Gasteiger partial charge < -0.3 is 30.9 Å². The van der Waals surface area contributed by atoms with Crippen molar-refractivity contribution in [1.29, 1.82) is 0 Å². The number of alkyl halides is 1. The van der Waals surface area contributed by atoms with Crippen LogP contribution in [0.1, 0.15) is 13.8 Å². The van der Waals surface area contributed by atoms with E-state index in [4.69, 9.17) is 10.5 Å². The van der Waals surface area contributed by atoms with Crippen molar-refractivity contribution in [1.82, 2.24) is 9.97 Å². The molecule has 1 aromatic heterocycles. The van der Waals surface area contributed by atoms with Gasteiger partial charge in [-0.1, -0.05) is 0 Å². The number of aliphatic hydroxyl groups is 2. The van der Waals surface area contributed by atoms with E-state index in [1.165, 1.54) is 18.7 Å². The quantitative estimate of drug-likeness (QED) is 0.456. The molecule has 1 unspecified atom stereocenters. The normalized spacial score (nSPS) is 35.3. The second-order valence-electron chi connectivity index (χ2n) is 5.74. The monoisotopic (exact) mass is 315 g/mol. The molecule has 0 aromatic carbocycles. The molecular formula is C12H18FN5O4. The molecule has 1 fully saturated rings. The molecule has 2 aliphatic heterocycles. The number of halogens is 1. The van der Waals surface area contributed by atoms with Crippen molar-refractivity contribution in [2.75, 3.05) is 22.6 Å². The lowest BCUT2D eigenvalue weighted by atomic mass is 9.96. The largest absolute Gasteiger partial charge is 0.391 e. The summed E-state index contributed by atoms with van der Waals surface area (Å²) < 4.78 is 20.4. The summed E-state index contributed by atoms with van der Waals surface area (Å²) in [6.07, 6.45) is -4.86. The molecular weight excluding hydrogens is 297 g/mol. The Morgan fingerprint density at radius 2 is 2.32 bits per heavy atom. The van der Waals surface area contributed by atoms with E-state index < -0.39 is 35.8 Å². The second-order valence-corrected chi connectivity index (χ2v) is 5.74. The number of anilines is 3. The highest BCUT2D eigenvalue weighted by atomic mass is 19.1. The average Bonchev–Trinajstić information content (AvgIpc) is 2.91. The first-order valence-electron chi connectivity index (χ1n) is 6.84. The van der Waals surface area contributed by atoms with Crippen molar-refractivity contribution in [3.8, 4) is 0 Å². The summed E-state index contributed by atoms with van der Waals surface area (Å²) in [4.78, 5) is 19.5. The van der Waals surface area contributed by atoms with Crippen LogP contribution in [0.4, 0.5) is 21.8 Å². The zero-order chi connectivity index (χ0) is 16.2. The Morgan fingerprint density at radius 1 is 1.64 bits per heavy atom. The van der Waals surface area contributed by atoms with E-state index in [-0.39, 0.29) is 24.1 Å². The summed E-state index contributed by atoms with van der Waals surface area (Å²) >= 11 is 0. The van der Waals surface area contributed by atoms with Gasteiger partial charge in [-0.3, -0.25) is 9.78 Å². The number of aromatic amines is 1. The van der Waals surface area contributed by atoms with Crippen molar-refractivity contribution in [2.24, 2.45) is 0 Å². The maximum Gasteiger partial charge on any atom is 0.277 e. The minimum absolute atomic E-state index is 0.0678. The number of hydrogen-bond donors (Lipinski definition) is 5. The third kappa shape index (κ3) is 2.02. The Kier molecular flexibility index (Phi) is 3.27. The number of nitrogens with one attached hydrogen (secondary N) is 2. The van der Waals surface area contributed by atoms with Crippen LogP contribution in [0.5, 0.6) is 0 Å². The van der Waals surface area contributed by atoms with Gasteiger partial charge in [-0.25, -0.2) is 4.39 Å². The minimum atomic E-state index is -2.16. The van der Waals surface area contributed by atoms with Gasteiger partial charge in [0.1, 0.15) is 17.9 Å². The average molecular weight is 315 g/mol. The van der Waals surface area contributed by atoms with Gasteiger partial charge in [0.2, 0.25) is 5.95 Å². The van der Waals surface area contributed by atoms with Crippen LogP contribution in [-0.4, -0.2) is 57.1 Å². The summed E-state index contributed by atoms with van der Waals surface area (Å²) in [7, 11) is 0. The molecule has 0 spiro atoms. The molecule has 0 aliphatic carbocycles. The predicted molar refractivity (Wildman–Crippen MR) is 76.1 cm³/mol. The first-order chi connectivity index (χ1) is 10.2. The Hall–Kier alpha value is -1.91. The Morgan fingerprint density at radius 3 is 2.91 bits per heavy atom. The molecule has 3 heterocycles. The fourth-order valence-corrected chi connectivity index (χ4v) is 2.86. The molecule has 2 aliphatic rings. The van der Waals surface area contributed by atoms with Gasteiger partial charge in [0.25, 0.3) is 5.56 Å². The number of nitrogens with zero attached hydrogens (tertiary/aromatic N) is 2. The fraction of sp³-hybridized carbons (Fsp3) is 0.667. The lowest BCUT2D eigenvalue weighted by Crippen LogP contribution is -2.50. The highest BCUT2D eigenvalue weighted by Crippen LogP contribution is 2.41. The number of aliphatic hydroxyl groups excluding tert-OH is 2. The summed E-state index contributed by atoms with van der Waals surface area (Å²) in [6, 6.07) is 0. The first-order valence-corrected chi connectivity index (χ1v) is 6.84. The molecule has 5 atom stereocenters. The van der Waals surface area contributed by atoms with E-state index in [0.29, 0.717) is 0 Å². The smallest absolute Gasteiger partial charge is 0.277 e. The molecule has 22 heavy (non-hydrogen) atoms. The summed E-state index contributed by atoms with van der Waals surface area (Å²) in [5.74, 6) is 0.0391. The zero-order valence-corrected chi connectivity index (χ0v) is 12.1. The van der Waals surface area contributed by atoms with Crippen LogP contribution < -0.4 is 21.5 Å². The number of nitrogen functional groups attached to an aromatic ring is 1. The van der Waals surface area contributed by atoms with Crippen molar-refractivity contribution in [2.45, 2.75) is 44.1 Å². The molecule has 0 amide bonds. The maximum absolute atomic E-state index is 14.9. The van der Waals surface area contributed by atoms with Crippen LogP contribution >= 0.6 is 0 Å². The van der Waals surface area contributed by atoms with Gasteiger partial charge >= 0.3 is 0 Å². The van der Waals surface area contributed by atoms with Gasteiger partial charge in [-0.15, -0.1) is 0 Å². The topological polar surface area (TPSA) is 137 Å². The van der Waals surface area contributed by atoms with E-state index in [2.05, 4.69) is 15.3 Å². The number of hydrogen-bond acceptors (Lipinski definition) is 8. The van der Waals surface area contributed by atoms with Gasteiger partial charge in [-0.2, -0.15) is 4.98 Å². The molecule has 3 rings (SSSR count). The van der Waals surface area contributed by atoms with Crippen LogP contribution in [0.3, 0.4) is 0 Å². The molecule has 6 N–H and O–H groups in total. The first kappa shape index (κ1) is 15.0. The Bertz CT molecular complexity index is 649. The summed E-state index contributed by atoms with van der Waals surface area (Å²) in [6.45, 7) is 2.65. The van der Waals surface area contributed by atoms with Crippen molar-refractivity contribution in [3.05, 3.63) is 10.4 Å². The van der Waals surface area contributed by atoms with Crippen molar-refractivity contribution in [3.63, 3.8) is 0 Å². The number of rotatable bonds is 2. The van der Waals surface area contributed by atoms with Crippen LogP contribution in [0.25, 0.3) is 0 Å². The lowest BCUT2D eigenvalue weighted by molar-refractivity contribution is -0.0580. The summed E-state index contributed by atoms with van der Waals surface area (Å²) in [5.41, 5.74) is 3.04. The number of nitrogens with two attached hydrogens (primary N) is 1. The predicted octanol–water partition coefficient (Wildman–Crippen LogP) is -1.26. The lowest BCUT2D eigenvalue weighted by Gasteiger charge is -2.31. The van der Waals surface area contributed by atoms with E-state index in [0.717, 1.165) is 0 Å². The molecule has 0 bridgehead atoms. The van der Waals surface area contributed by atoms with Crippen LogP contribution in [0.15, 0.2) is 4.79 Å². The van der Waals surface area contributed by atoms with Gasteiger partial charge in [-0.05, 0) is 13.8 Å². The van der Waals surface area contributed by atoms with Gasteiger partial charge in [0, 0.05) is 0 Å². The number of fused-ring (bicyclic) bond motifs is 1. The summed E-state index contributed by atoms with van der Waals surface area (Å²) in [5, 5.41) is 22.5. The second kappa shape index (κ2) is 4.80. The minimum Gasteiger partial charge on any atom is -0.391 e. The number of ether oxygens (including phenoxy) is 1. The van der Waals surface area contributed by atoms with Crippen LogP contribution in [-0.2, 0) is 4.74 Å². The molecule has 10 heteroatoms. The molecule has 1 aromatic rings. The van der Waals surface area contributed by atoms with Crippen molar-refractivity contribution >= 4 is 17.5 Å². The van der Waals surface area contributed by atoms with E-state index in [1.807, 2.05) is 0 Å². The Balaban J connectivity index is 1.99. The Labute approximate surface area is 124 Å². The number of aromatic nitrogens is 2. The highest BCUT2D eigenvalue weighted by Gasteiger charge is 2.58. The van der Waals surface area contributed by atoms with Crippen LogP contribution in [0.2, 0.25) is 0 Å².